The van der Waals surface area contributed by atoms with Crippen molar-refractivity contribution in [1.82, 2.24) is 0 Å². The van der Waals surface area contributed by atoms with E-state index in [0.717, 1.165) is 12.8 Å². The van der Waals surface area contributed by atoms with Gasteiger partial charge in [0, 0.05) is 6.08 Å². The van der Waals surface area contributed by atoms with Crippen LogP contribution in [0.2, 0.25) is 0 Å². The zero-order chi connectivity index (χ0) is 8.53. The Balaban J connectivity index is 3.35. The lowest BCUT2D eigenvalue weighted by molar-refractivity contribution is -0.138. The molecule has 0 aliphatic rings. The minimum Gasteiger partial charge on any atom is -0.460 e. The minimum absolute atomic E-state index is 0.0787. The van der Waals surface area contributed by atoms with Crippen molar-refractivity contribution < 1.29 is 14.6 Å². The third kappa shape index (κ3) is 7.06. The maximum absolute atomic E-state index is 10.7. The highest BCUT2D eigenvalue weighted by atomic mass is 16.5. The molecule has 11 heavy (non-hydrogen) atoms. The van der Waals surface area contributed by atoms with Gasteiger partial charge in [0.2, 0.25) is 0 Å². The van der Waals surface area contributed by atoms with Gasteiger partial charge in [0.05, 0.1) is 6.61 Å². The van der Waals surface area contributed by atoms with Gasteiger partial charge in [-0.15, -0.1) is 0 Å². The molecule has 0 aliphatic carbocycles. The second kappa shape index (κ2) is 7.28. The summed E-state index contributed by atoms with van der Waals surface area (Å²) < 4.78 is 4.56. The molecule has 0 aliphatic heterocycles. The van der Waals surface area contributed by atoms with Crippen LogP contribution in [0, 0.1) is 0 Å². The van der Waals surface area contributed by atoms with Crippen LogP contribution in [0.1, 0.15) is 19.8 Å². The number of unbranched alkanes of at least 4 members (excludes halogenated alkanes) is 1. The predicted octanol–water partition coefficient (Wildman–Crippen LogP) is 0.878. The molecule has 0 radical (unpaired) electrons. The van der Waals surface area contributed by atoms with Crippen molar-refractivity contribution in [2.45, 2.75) is 19.8 Å². The van der Waals surface area contributed by atoms with E-state index in [1.165, 1.54) is 6.08 Å². The van der Waals surface area contributed by atoms with Crippen LogP contribution in [0.25, 0.3) is 0 Å². The average Bonchev–Trinajstić information content (AvgIpc) is 2.01. The first-order valence-electron chi connectivity index (χ1n) is 3.75. The maximum Gasteiger partial charge on any atom is 0.330 e. The first-order valence-corrected chi connectivity index (χ1v) is 3.75. The molecule has 0 rings (SSSR count). The Morgan fingerprint density at radius 2 is 2.36 bits per heavy atom. The number of aliphatic hydroxyl groups excluding tert-OH is 1. The smallest absolute Gasteiger partial charge is 0.330 e. The highest BCUT2D eigenvalue weighted by Crippen LogP contribution is 1.89. The van der Waals surface area contributed by atoms with E-state index in [1.54, 1.807) is 6.08 Å². The molecule has 64 valence electrons. The van der Waals surface area contributed by atoms with Gasteiger partial charge in [-0.2, -0.15) is 0 Å². The van der Waals surface area contributed by atoms with Crippen molar-refractivity contribution in [3.63, 3.8) is 0 Å². The Hall–Kier alpha value is -0.830. The number of esters is 1. The van der Waals surface area contributed by atoms with Gasteiger partial charge < -0.3 is 9.84 Å². The van der Waals surface area contributed by atoms with Gasteiger partial charge in [-0.1, -0.05) is 19.4 Å². The third-order valence-electron chi connectivity index (χ3n) is 1.04. The summed E-state index contributed by atoms with van der Waals surface area (Å²) in [4.78, 5) is 10.7. The van der Waals surface area contributed by atoms with Gasteiger partial charge in [-0.05, 0) is 6.42 Å². The summed E-state index contributed by atoms with van der Waals surface area (Å²) in [5.74, 6) is -0.382. The maximum atomic E-state index is 10.7. The number of rotatable bonds is 5. The molecule has 1 N–H and O–H groups in total. The van der Waals surface area contributed by atoms with Crippen LogP contribution in [0.5, 0.6) is 0 Å². The standard InChI is InChI=1S/C8H14O3/c1-2-3-4-5-8(10)11-7-6-9/h4-5,9H,2-3,6-7H2,1H3. The van der Waals surface area contributed by atoms with Crippen LogP contribution in [-0.2, 0) is 9.53 Å². The van der Waals surface area contributed by atoms with Gasteiger partial charge >= 0.3 is 5.97 Å². The zero-order valence-electron chi connectivity index (χ0n) is 6.75. The molecule has 0 aromatic heterocycles. The SMILES string of the molecule is CCCC=CC(=O)OCCO. The van der Waals surface area contributed by atoms with E-state index >= 15 is 0 Å². The highest BCUT2D eigenvalue weighted by molar-refractivity contribution is 5.81. The average molecular weight is 158 g/mol. The Morgan fingerprint density at radius 1 is 1.64 bits per heavy atom. The van der Waals surface area contributed by atoms with Crippen LogP contribution in [0.3, 0.4) is 0 Å². The number of carbonyl (C=O) groups excluding carboxylic acids is 1. The van der Waals surface area contributed by atoms with Crippen molar-refractivity contribution in [2.75, 3.05) is 13.2 Å². The summed E-state index contributed by atoms with van der Waals surface area (Å²) in [5, 5.41) is 8.29. The molecule has 3 heteroatoms. The fourth-order valence-corrected chi connectivity index (χ4v) is 0.541. The van der Waals surface area contributed by atoms with Crippen molar-refractivity contribution in [3.05, 3.63) is 12.2 Å². The van der Waals surface area contributed by atoms with Gasteiger partial charge in [0.1, 0.15) is 6.61 Å². The number of aliphatic hydroxyl groups is 1. The monoisotopic (exact) mass is 158 g/mol. The number of hydrogen-bond donors (Lipinski definition) is 1. The summed E-state index contributed by atoms with van der Waals surface area (Å²) in [6, 6.07) is 0. The van der Waals surface area contributed by atoms with Gasteiger partial charge in [0.15, 0.2) is 0 Å². The molecule has 0 aromatic rings. The van der Waals surface area contributed by atoms with Gasteiger partial charge in [-0.3, -0.25) is 0 Å². The van der Waals surface area contributed by atoms with Crippen molar-refractivity contribution in [1.29, 1.82) is 0 Å². The van der Waals surface area contributed by atoms with Crippen LogP contribution < -0.4 is 0 Å². The summed E-state index contributed by atoms with van der Waals surface area (Å²) in [6.45, 7) is 1.99. The molecule has 0 bridgehead atoms. The van der Waals surface area contributed by atoms with Crippen molar-refractivity contribution in [2.24, 2.45) is 0 Å². The molecular formula is C8H14O3. The van der Waals surface area contributed by atoms with Crippen LogP contribution >= 0.6 is 0 Å². The molecule has 0 amide bonds. The van der Waals surface area contributed by atoms with E-state index < -0.39 is 0 Å². The lowest BCUT2D eigenvalue weighted by Gasteiger charge is -1.95. The number of allylic oxidation sites excluding steroid dienone is 1. The third-order valence-corrected chi connectivity index (χ3v) is 1.04. The van der Waals surface area contributed by atoms with E-state index in [4.69, 9.17) is 5.11 Å². The molecule has 0 atom stereocenters. The number of ether oxygens (including phenoxy) is 1. The predicted molar refractivity (Wildman–Crippen MR) is 42.1 cm³/mol. The van der Waals surface area contributed by atoms with Crippen LogP contribution in [0.15, 0.2) is 12.2 Å². The first-order chi connectivity index (χ1) is 5.31. The second-order valence-corrected chi connectivity index (χ2v) is 2.08. The summed E-state index contributed by atoms with van der Waals surface area (Å²) in [7, 11) is 0. The Morgan fingerprint density at radius 3 is 2.91 bits per heavy atom. The highest BCUT2D eigenvalue weighted by Gasteiger charge is 1.92. The van der Waals surface area contributed by atoms with E-state index in [0.29, 0.717) is 0 Å². The van der Waals surface area contributed by atoms with Crippen molar-refractivity contribution in [3.8, 4) is 0 Å². The molecule has 0 saturated carbocycles. The molecule has 0 spiro atoms. The normalized spacial score (nSPS) is 10.4. The molecule has 0 unspecified atom stereocenters. The summed E-state index contributed by atoms with van der Waals surface area (Å²) >= 11 is 0. The fraction of sp³-hybridized carbons (Fsp3) is 0.625. The molecule has 0 saturated heterocycles. The minimum atomic E-state index is -0.382. The summed E-state index contributed by atoms with van der Waals surface area (Å²) in [6.07, 6.45) is 5.05. The van der Waals surface area contributed by atoms with E-state index in [1.807, 2.05) is 6.92 Å². The Kier molecular flexibility index (Phi) is 6.73. The van der Waals surface area contributed by atoms with Crippen molar-refractivity contribution >= 4 is 5.97 Å². The second-order valence-electron chi connectivity index (χ2n) is 2.08. The van der Waals surface area contributed by atoms with Gasteiger partial charge in [0.25, 0.3) is 0 Å². The van der Waals surface area contributed by atoms with Crippen LogP contribution in [0.4, 0.5) is 0 Å². The first kappa shape index (κ1) is 10.2. The topological polar surface area (TPSA) is 46.5 Å². The number of carbonyl (C=O) groups is 1. The van der Waals surface area contributed by atoms with Gasteiger partial charge in [-0.25, -0.2) is 4.79 Å². The summed E-state index contributed by atoms with van der Waals surface area (Å²) in [5.41, 5.74) is 0. The Labute approximate surface area is 66.7 Å². The molecular weight excluding hydrogens is 144 g/mol. The lowest BCUT2D eigenvalue weighted by Crippen LogP contribution is -2.04. The quantitative estimate of drug-likeness (QED) is 0.477. The zero-order valence-corrected chi connectivity index (χ0v) is 6.75. The lowest BCUT2D eigenvalue weighted by atomic mass is 10.3. The Bertz CT molecular complexity index is 129. The van der Waals surface area contributed by atoms with E-state index in [-0.39, 0.29) is 19.2 Å². The fourth-order valence-electron chi connectivity index (χ4n) is 0.541. The van der Waals surface area contributed by atoms with E-state index in [2.05, 4.69) is 4.74 Å². The number of hydrogen-bond acceptors (Lipinski definition) is 3. The molecule has 3 nitrogen and oxygen atoms in total. The molecule has 0 aromatic carbocycles. The van der Waals surface area contributed by atoms with E-state index in [9.17, 15) is 4.79 Å². The molecule has 0 heterocycles. The van der Waals surface area contributed by atoms with Crippen LogP contribution in [-0.4, -0.2) is 24.3 Å². The molecule has 0 fully saturated rings. The largest absolute Gasteiger partial charge is 0.460 e.